The molecule has 2 atom stereocenters. The summed E-state index contributed by atoms with van der Waals surface area (Å²) < 4.78 is 27.0. The summed E-state index contributed by atoms with van der Waals surface area (Å²) in [7, 11) is 0. The van der Waals surface area contributed by atoms with Gasteiger partial charge in [-0.25, -0.2) is 0 Å². The van der Waals surface area contributed by atoms with E-state index in [4.69, 9.17) is 18.9 Å². The van der Waals surface area contributed by atoms with E-state index in [0.717, 1.165) is 22.3 Å². The highest BCUT2D eigenvalue weighted by atomic mass is 16.6. The minimum atomic E-state index is -0.208. The molecule has 0 fully saturated rings. The lowest BCUT2D eigenvalue weighted by Crippen LogP contribution is -2.63. The SMILES string of the molecule is c1ccc2c(c1)Oc1cc3c(cc1O2)N1c2ccccc2C2c4ccccc4N4c5ccccc5C5c6ccccc6N6c7cc8c(cc7B3c3c1c2c4c5c36)Oc1ccccc1O8. The van der Waals surface area contributed by atoms with Crippen molar-refractivity contribution in [3.8, 4) is 46.0 Å². The Kier molecular flexibility index (Phi) is 5.56. The minimum absolute atomic E-state index is 0.00700. The smallest absolute Gasteiger partial charge is 0.252 e. The van der Waals surface area contributed by atoms with Gasteiger partial charge in [0.2, 0.25) is 0 Å². The van der Waals surface area contributed by atoms with Crippen LogP contribution in [0.3, 0.4) is 0 Å². The Morgan fingerprint density at radius 2 is 0.625 bits per heavy atom. The first-order valence-electron chi connectivity index (χ1n) is 22.0. The van der Waals surface area contributed by atoms with Gasteiger partial charge in [-0.05, 0) is 99.3 Å². The normalized spacial score (nSPS) is 17.4. The highest BCUT2D eigenvalue weighted by Crippen LogP contribution is 2.70. The van der Waals surface area contributed by atoms with Crippen molar-refractivity contribution in [3.63, 3.8) is 0 Å². The quantitative estimate of drug-likeness (QED) is 0.141. The van der Waals surface area contributed by atoms with Gasteiger partial charge in [-0.15, -0.1) is 0 Å². The summed E-state index contributed by atoms with van der Waals surface area (Å²) in [4.78, 5) is 7.71. The van der Waals surface area contributed by atoms with Gasteiger partial charge in [0.05, 0.1) is 28.4 Å². The van der Waals surface area contributed by atoms with Crippen LogP contribution in [0.2, 0.25) is 0 Å². The van der Waals surface area contributed by atoms with E-state index in [2.05, 4.69) is 136 Å². The van der Waals surface area contributed by atoms with Crippen LogP contribution in [0.15, 0.2) is 170 Å². The summed E-state index contributed by atoms with van der Waals surface area (Å²) in [6.45, 7) is -0.208. The van der Waals surface area contributed by atoms with Gasteiger partial charge in [-0.1, -0.05) is 97.1 Å². The minimum Gasteiger partial charge on any atom is -0.450 e. The molecule has 7 nitrogen and oxygen atoms in total. The lowest BCUT2D eigenvalue weighted by Gasteiger charge is -2.56. The van der Waals surface area contributed by atoms with Crippen LogP contribution in [-0.2, 0) is 0 Å². The number of hydrogen-bond donors (Lipinski definition) is 0. The zero-order valence-corrected chi connectivity index (χ0v) is 33.9. The Morgan fingerprint density at radius 1 is 0.312 bits per heavy atom. The summed E-state index contributed by atoms with van der Waals surface area (Å²) in [6.07, 6.45) is 0. The molecule has 8 aliphatic rings. The van der Waals surface area contributed by atoms with Crippen molar-refractivity contribution >= 4 is 74.3 Å². The fourth-order valence-corrected chi connectivity index (χ4v) is 12.6. The zero-order valence-electron chi connectivity index (χ0n) is 33.9. The molecular weight excluding hydrogens is 789 g/mol. The van der Waals surface area contributed by atoms with E-state index in [1.165, 1.54) is 78.7 Å². The van der Waals surface area contributed by atoms with Gasteiger partial charge in [0.1, 0.15) is 0 Å². The van der Waals surface area contributed by atoms with E-state index in [0.29, 0.717) is 46.0 Å². The number of rotatable bonds is 0. The van der Waals surface area contributed by atoms with Crippen molar-refractivity contribution in [2.24, 2.45) is 0 Å². The van der Waals surface area contributed by atoms with Gasteiger partial charge < -0.3 is 33.6 Å². The van der Waals surface area contributed by atoms with Crippen molar-refractivity contribution in [1.29, 1.82) is 0 Å². The molecule has 8 heteroatoms. The van der Waals surface area contributed by atoms with Crippen LogP contribution in [0.25, 0.3) is 0 Å². The zero-order chi connectivity index (χ0) is 41.1. The van der Waals surface area contributed by atoms with Crippen molar-refractivity contribution in [1.82, 2.24) is 0 Å². The molecule has 0 spiro atoms. The molecule has 8 aliphatic heterocycles. The predicted molar refractivity (Wildman–Crippen MR) is 250 cm³/mol. The molecule has 0 aliphatic carbocycles. The Bertz CT molecular complexity index is 3480. The maximum atomic E-state index is 6.77. The van der Waals surface area contributed by atoms with Gasteiger partial charge >= 0.3 is 0 Å². The van der Waals surface area contributed by atoms with Crippen LogP contribution in [0.1, 0.15) is 45.2 Å². The number of para-hydroxylation sites is 8. The molecule has 0 bridgehead atoms. The fourth-order valence-electron chi connectivity index (χ4n) is 12.6. The highest BCUT2D eigenvalue weighted by Gasteiger charge is 2.56. The molecule has 2 unspecified atom stereocenters. The molecule has 0 N–H and O–H groups in total. The summed E-state index contributed by atoms with van der Waals surface area (Å²) in [5.74, 6) is 5.59. The topological polar surface area (TPSA) is 46.6 Å². The third-order valence-corrected chi connectivity index (χ3v) is 14.9. The van der Waals surface area contributed by atoms with E-state index in [9.17, 15) is 0 Å². The fraction of sp³-hybridized carbons (Fsp3) is 0.0357. The van der Waals surface area contributed by atoms with E-state index in [-0.39, 0.29) is 18.5 Å². The molecule has 0 aromatic heterocycles. The van der Waals surface area contributed by atoms with Crippen molar-refractivity contribution < 1.29 is 18.9 Å². The molecule has 64 heavy (non-hydrogen) atoms. The van der Waals surface area contributed by atoms with E-state index < -0.39 is 0 Å². The molecule has 17 rings (SSSR count). The van der Waals surface area contributed by atoms with Crippen LogP contribution in [-0.4, -0.2) is 6.71 Å². The van der Waals surface area contributed by atoms with E-state index >= 15 is 0 Å². The molecule has 296 valence electrons. The second-order valence-electron chi connectivity index (χ2n) is 17.8. The third kappa shape index (κ3) is 3.66. The molecule has 8 heterocycles. The Balaban J connectivity index is 1.06. The lowest BCUT2D eigenvalue weighted by molar-refractivity contribution is 0.360. The van der Waals surface area contributed by atoms with Crippen molar-refractivity contribution in [2.45, 2.75) is 11.8 Å². The van der Waals surface area contributed by atoms with E-state index in [1.54, 1.807) is 0 Å². The van der Waals surface area contributed by atoms with Crippen LogP contribution in [0, 0.1) is 0 Å². The van der Waals surface area contributed by atoms with Crippen molar-refractivity contribution in [2.75, 3.05) is 14.7 Å². The lowest BCUT2D eigenvalue weighted by atomic mass is 9.32. The average Bonchev–Trinajstić information content (AvgIpc) is 3.35. The number of hydrogen-bond acceptors (Lipinski definition) is 7. The number of anilines is 9. The first-order chi connectivity index (χ1) is 31.8. The van der Waals surface area contributed by atoms with Gasteiger partial charge in [-0.3, -0.25) is 0 Å². The second-order valence-corrected chi connectivity index (χ2v) is 17.8. The second kappa shape index (κ2) is 11.0. The molecule has 0 saturated heterocycles. The first-order valence-corrected chi connectivity index (χ1v) is 22.0. The largest absolute Gasteiger partial charge is 0.450 e. The Hall–Kier alpha value is -8.36. The molecule has 0 saturated carbocycles. The Morgan fingerprint density at radius 3 is 1.00 bits per heavy atom. The molecular formula is C56H30BN3O4. The van der Waals surface area contributed by atoms with Gasteiger partial charge in [0, 0.05) is 57.8 Å². The van der Waals surface area contributed by atoms with E-state index in [1.807, 2.05) is 48.5 Å². The summed E-state index contributed by atoms with van der Waals surface area (Å²) >= 11 is 0. The number of benzene rings is 9. The Labute approximate surface area is 367 Å². The highest BCUT2D eigenvalue weighted by molar-refractivity contribution is 7.00. The molecule has 9 aromatic carbocycles. The van der Waals surface area contributed by atoms with Gasteiger partial charge in [0.15, 0.2) is 46.0 Å². The van der Waals surface area contributed by atoms with Gasteiger partial charge in [0.25, 0.3) is 6.71 Å². The van der Waals surface area contributed by atoms with Crippen LogP contribution in [0.5, 0.6) is 46.0 Å². The van der Waals surface area contributed by atoms with Crippen molar-refractivity contribution in [3.05, 3.63) is 203 Å². The number of ether oxygens (including phenoxy) is 4. The molecule has 0 radical (unpaired) electrons. The van der Waals surface area contributed by atoms with Crippen LogP contribution >= 0.6 is 0 Å². The number of nitrogens with zero attached hydrogens (tertiary/aromatic N) is 3. The maximum absolute atomic E-state index is 6.77. The molecule has 9 aromatic rings. The monoisotopic (exact) mass is 819 g/mol. The summed E-state index contributed by atoms with van der Waals surface area (Å²) in [5.41, 5.74) is 22.1. The first kappa shape index (κ1) is 32.4. The van der Waals surface area contributed by atoms with Crippen LogP contribution < -0.4 is 50.0 Å². The standard InChI is InChI=1S/C56H30BN3O4/c1-5-17-35-29(13-1)49-31-15-3-7-19-37(31)59-39-27-47-45(61-41-21-9-11-23-43(41)63-47)25-33(39)57-34-26-46-48(64-44-24-12-10-22-42(44)62-46)28-40(34)60-38-20-8-4-16-32(38)50-30-14-2-6-18-36(30)58(35)54-51(49)55(59)53(57)56(60)52(50)54/h1-28,49-50H. The maximum Gasteiger partial charge on any atom is 0.252 e. The summed E-state index contributed by atoms with van der Waals surface area (Å²) in [6, 6.07) is 61.1. The number of fused-ring (bicyclic) bond motifs is 22. The van der Waals surface area contributed by atoms with Crippen LogP contribution in [0.4, 0.5) is 51.2 Å². The summed E-state index contributed by atoms with van der Waals surface area (Å²) in [5, 5.41) is 0. The predicted octanol–water partition coefficient (Wildman–Crippen LogP) is 12.6. The third-order valence-electron chi connectivity index (χ3n) is 14.9. The average molecular weight is 820 g/mol. The molecule has 0 amide bonds. The van der Waals surface area contributed by atoms with Gasteiger partial charge in [-0.2, -0.15) is 0 Å².